The molecule has 6 rings (SSSR count). The second kappa shape index (κ2) is 10.5. The number of hydrogen-bond acceptors (Lipinski definition) is 5. The smallest absolute Gasteiger partial charge is 0.250 e. The average molecular weight is 570 g/mol. The van der Waals surface area contributed by atoms with Crippen LogP contribution in [0.5, 0.6) is 0 Å². The minimum atomic E-state index is -1.20. The first kappa shape index (κ1) is 28.4. The average Bonchev–Trinajstić information content (AvgIpc) is 3.50. The number of carbonyl (C=O) groups excluding carboxylic acids is 3. The lowest BCUT2D eigenvalue weighted by Crippen LogP contribution is -2.57. The minimum absolute atomic E-state index is 0.0769. The zero-order chi connectivity index (χ0) is 29.8. The number of hydrogen-bond donors (Lipinski definition) is 3. The highest BCUT2D eigenvalue weighted by molar-refractivity contribution is 6.06. The van der Waals surface area contributed by atoms with Crippen molar-refractivity contribution in [3.05, 3.63) is 72.8 Å². The van der Waals surface area contributed by atoms with Gasteiger partial charge in [-0.15, -0.1) is 0 Å². The second-order valence-corrected chi connectivity index (χ2v) is 12.5. The number of rotatable bonds is 8. The van der Waals surface area contributed by atoms with Gasteiger partial charge in [0.1, 0.15) is 11.6 Å². The lowest BCUT2D eigenvalue weighted by Gasteiger charge is -2.39. The number of para-hydroxylation sites is 1. The minimum Gasteiger partial charge on any atom is -0.394 e. The fraction of sp³-hybridized carbons (Fsp3) is 0.441. The molecule has 0 aromatic heterocycles. The van der Waals surface area contributed by atoms with Crippen molar-refractivity contribution in [1.29, 1.82) is 0 Å². The highest BCUT2D eigenvalue weighted by Crippen LogP contribution is 2.65. The number of aliphatic hydroxyl groups excluding tert-OH is 1. The van der Waals surface area contributed by atoms with Gasteiger partial charge >= 0.3 is 0 Å². The number of likely N-dealkylation sites (tertiary alicyclic amines) is 1. The van der Waals surface area contributed by atoms with E-state index < -0.39 is 35.1 Å². The van der Waals surface area contributed by atoms with Crippen LogP contribution >= 0.6 is 0 Å². The summed E-state index contributed by atoms with van der Waals surface area (Å²) in [5, 5.41) is 18.7. The van der Waals surface area contributed by atoms with E-state index in [0.717, 1.165) is 10.8 Å². The summed E-state index contributed by atoms with van der Waals surface area (Å²) in [5.74, 6) is -2.79. The van der Waals surface area contributed by atoms with Gasteiger partial charge in [-0.2, -0.15) is 0 Å². The maximum Gasteiger partial charge on any atom is 0.250 e. The molecule has 3 aliphatic heterocycles. The molecule has 3 unspecified atom stereocenters. The lowest BCUT2D eigenvalue weighted by molar-refractivity contribution is -0.149. The Balaban J connectivity index is 1.42. The van der Waals surface area contributed by atoms with E-state index in [4.69, 9.17) is 4.74 Å². The van der Waals surface area contributed by atoms with Crippen LogP contribution in [0.15, 0.2) is 72.8 Å². The van der Waals surface area contributed by atoms with E-state index in [2.05, 4.69) is 10.6 Å². The molecule has 3 fully saturated rings. The molecule has 8 atom stereocenters. The van der Waals surface area contributed by atoms with E-state index in [-0.39, 0.29) is 36.2 Å². The van der Waals surface area contributed by atoms with Crippen molar-refractivity contribution in [2.24, 2.45) is 23.7 Å². The van der Waals surface area contributed by atoms with E-state index in [1.165, 1.54) is 0 Å². The highest BCUT2D eigenvalue weighted by Gasteiger charge is 2.80. The van der Waals surface area contributed by atoms with Crippen LogP contribution in [0.3, 0.4) is 0 Å². The van der Waals surface area contributed by atoms with Crippen LogP contribution in [0.1, 0.15) is 40.5 Å². The van der Waals surface area contributed by atoms with Crippen LogP contribution in [-0.2, 0) is 19.1 Å². The Bertz CT molecular complexity index is 1530. The second-order valence-electron chi connectivity index (χ2n) is 12.5. The number of anilines is 2. The number of carbonyl (C=O) groups is 3. The number of nitrogens with zero attached hydrogens (tertiary/aromatic N) is 1. The predicted molar refractivity (Wildman–Crippen MR) is 162 cm³/mol. The molecule has 8 nitrogen and oxygen atoms in total. The molecule has 0 radical (unpaired) electrons. The van der Waals surface area contributed by atoms with E-state index >= 15 is 0 Å². The van der Waals surface area contributed by atoms with Crippen molar-refractivity contribution >= 4 is 39.9 Å². The van der Waals surface area contributed by atoms with Crippen molar-refractivity contribution in [2.75, 3.05) is 17.2 Å². The fourth-order valence-corrected chi connectivity index (χ4v) is 7.77. The summed E-state index contributed by atoms with van der Waals surface area (Å²) in [7, 11) is 0. The van der Waals surface area contributed by atoms with Gasteiger partial charge in [0.05, 0.1) is 30.1 Å². The summed E-state index contributed by atoms with van der Waals surface area (Å²) >= 11 is 0. The first-order valence-electron chi connectivity index (χ1n) is 14.9. The quantitative estimate of drug-likeness (QED) is 0.360. The number of ether oxygens (including phenoxy) is 1. The van der Waals surface area contributed by atoms with Crippen molar-refractivity contribution < 1.29 is 24.2 Å². The molecule has 3 heterocycles. The molecule has 2 bridgehead atoms. The number of fused-ring (bicyclic) bond motifs is 2. The molecule has 3 N–H and O–H groups in total. The lowest BCUT2D eigenvalue weighted by atomic mass is 9.62. The zero-order valence-electron chi connectivity index (χ0n) is 24.5. The molecular formula is C34H39N3O5. The number of amides is 3. The molecule has 3 aromatic carbocycles. The van der Waals surface area contributed by atoms with Gasteiger partial charge in [0.2, 0.25) is 17.7 Å². The van der Waals surface area contributed by atoms with Gasteiger partial charge in [-0.1, -0.05) is 75.7 Å². The SMILES string of the molecule is CC[C@H](C)[C@H](CO)N1C(=O)[C@@H]2[C@@H](C(=O)Nc3ccccc3)[C@]3(C)OC2(CC3C)C1C(=O)Nc1ccc2ccccc2c1. The van der Waals surface area contributed by atoms with E-state index in [1.807, 2.05) is 88.4 Å². The number of aliphatic hydroxyl groups is 1. The first-order valence-corrected chi connectivity index (χ1v) is 14.9. The van der Waals surface area contributed by atoms with Crippen LogP contribution < -0.4 is 10.6 Å². The van der Waals surface area contributed by atoms with Crippen molar-refractivity contribution in [3.63, 3.8) is 0 Å². The molecule has 220 valence electrons. The largest absolute Gasteiger partial charge is 0.394 e. The third-order valence-corrected chi connectivity index (χ3v) is 10.2. The van der Waals surface area contributed by atoms with Gasteiger partial charge in [-0.05, 0) is 60.2 Å². The molecule has 42 heavy (non-hydrogen) atoms. The van der Waals surface area contributed by atoms with Crippen LogP contribution in [0.2, 0.25) is 0 Å². The van der Waals surface area contributed by atoms with Gasteiger partial charge < -0.3 is 25.4 Å². The standard InChI is InChI=1S/C34H39N3O5/c1-5-20(2)26(19-38)37-29(31(40)36-25-16-15-22-11-9-10-12-23(22)17-25)34-18-21(3)33(4,42-34)27(28(34)32(37)41)30(39)35-24-13-7-6-8-14-24/h6-17,20-21,26-29,38H,5,18-19H2,1-4H3,(H,35,39)(H,36,40)/t20-,21?,26-,27-,28-,29?,33+,34?/m0/s1. The topological polar surface area (TPSA) is 108 Å². The van der Waals surface area contributed by atoms with Crippen molar-refractivity contribution in [2.45, 2.75) is 63.8 Å². The normalized spacial score (nSPS) is 31.2. The summed E-state index contributed by atoms with van der Waals surface area (Å²) in [6, 6.07) is 21.2. The highest BCUT2D eigenvalue weighted by atomic mass is 16.5. The van der Waals surface area contributed by atoms with Crippen molar-refractivity contribution in [3.8, 4) is 0 Å². The monoisotopic (exact) mass is 569 g/mol. The third-order valence-electron chi connectivity index (χ3n) is 10.2. The molecule has 3 amide bonds. The molecule has 1 spiro atoms. The summed E-state index contributed by atoms with van der Waals surface area (Å²) in [6.45, 7) is 7.60. The Hall–Kier alpha value is -3.75. The van der Waals surface area contributed by atoms with Crippen LogP contribution in [-0.4, -0.2) is 57.6 Å². The van der Waals surface area contributed by atoms with Gasteiger partial charge in [0.25, 0.3) is 0 Å². The van der Waals surface area contributed by atoms with Crippen LogP contribution in [0.4, 0.5) is 11.4 Å². The Morgan fingerprint density at radius 1 is 1.00 bits per heavy atom. The Labute approximate surface area is 246 Å². The van der Waals surface area contributed by atoms with Crippen LogP contribution in [0, 0.1) is 23.7 Å². The molecule has 0 saturated carbocycles. The molecule has 8 heteroatoms. The summed E-state index contributed by atoms with van der Waals surface area (Å²) in [4.78, 5) is 44.4. The first-order chi connectivity index (χ1) is 20.1. The van der Waals surface area contributed by atoms with E-state index in [0.29, 0.717) is 24.2 Å². The van der Waals surface area contributed by atoms with E-state index in [1.54, 1.807) is 17.0 Å². The van der Waals surface area contributed by atoms with E-state index in [9.17, 15) is 19.5 Å². The third kappa shape index (κ3) is 4.23. The molecule has 3 aliphatic rings. The fourth-order valence-electron chi connectivity index (χ4n) is 7.77. The van der Waals surface area contributed by atoms with Gasteiger partial charge in [0.15, 0.2) is 0 Å². The van der Waals surface area contributed by atoms with Gasteiger partial charge in [0, 0.05) is 11.4 Å². The summed E-state index contributed by atoms with van der Waals surface area (Å²) in [6.07, 6.45) is 1.17. The number of nitrogens with one attached hydrogen (secondary N) is 2. The van der Waals surface area contributed by atoms with Crippen LogP contribution in [0.25, 0.3) is 10.8 Å². The zero-order valence-corrected chi connectivity index (χ0v) is 24.5. The number of benzene rings is 3. The molecule has 3 aromatic rings. The van der Waals surface area contributed by atoms with Gasteiger partial charge in [-0.25, -0.2) is 0 Å². The molecular weight excluding hydrogens is 530 g/mol. The Morgan fingerprint density at radius 3 is 2.36 bits per heavy atom. The molecule has 3 saturated heterocycles. The summed E-state index contributed by atoms with van der Waals surface area (Å²) in [5.41, 5.74) is -0.889. The maximum atomic E-state index is 14.5. The summed E-state index contributed by atoms with van der Waals surface area (Å²) < 4.78 is 6.84. The molecule has 0 aliphatic carbocycles. The Morgan fingerprint density at radius 2 is 1.67 bits per heavy atom. The maximum absolute atomic E-state index is 14.5. The van der Waals surface area contributed by atoms with Crippen molar-refractivity contribution in [1.82, 2.24) is 4.90 Å². The predicted octanol–water partition coefficient (Wildman–Crippen LogP) is 4.83. The Kier molecular flexibility index (Phi) is 7.10. The van der Waals surface area contributed by atoms with Gasteiger partial charge in [-0.3, -0.25) is 14.4 Å².